The molecular formula is C27H30BN3O2. The standard InChI is InChI=1S/C27H30BN3O2/c1-16(2)31-15-17(3)25-22(12-21(28)13-24(25)31)26(32)29-14-23-20(10-18(4)30-27(23)33)11-19-8-6-5-7-9-19/h5-10,12-13,15-16H,11,14,28H2,1-4H3,(H,29,32)(H,30,33). The van der Waals surface area contributed by atoms with Crippen molar-refractivity contribution < 1.29 is 4.79 Å². The SMILES string of the molecule is Bc1cc(C(=O)NCc2c(Cc3ccccc3)cc(C)[nH]c2=O)c2c(C)cn(C(C)C)c2c1. The molecule has 0 fully saturated rings. The van der Waals surface area contributed by atoms with Crippen LogP contribution >= 0.6 is 0 Å². The number of rotatable bonds is 6. The molecule has 0 aliphatic carbocycles. The molecule has 4 aromatic rings. The van der Waals surface area contributed by atoms with Crippen molar-refractivity contribution in [2.75, 3.05) is 0 Å². The van der Waals surface area contributed by atoms with Crippen LogP contribution in [0.15, 0.2) is 59.5 Å². The number of pyridine rings is 1. The lowest BCUT2D eigenvalue weighted by atomic mass is 9.91. The van der Waals surface area contributed by atoms with E-state index in [2.05, 4.69) is 41.0 Å². The van der Waals surface area contributed by atoms with Gasteiger partial charge in [0.1, 0.15) is 7.85 Å². The molecule has 168 valence electrons. The van der Waals surface area contributed by atoms with Gasteiger partial charge in [-0.2, -0.15) is 0 Å². The number of nitrogens with zero attached hydrogens (tertiary/aromatic N) is 1. The van der Waals surface area contributed by atoms with Crippen LogP contribution in [0.1, 0.15) is 58.2 Å². The maximum Gasteiger partial charge on any atom is 0.253 e. The van der Waals surface area contributed by atoms with E-state index in [-0.39, 0.29) is 18.0 Å². The number of hydrogen-bond donors (Lipinski definition) is 2. The summed E-state index contributed by atoms with van der Waals surface area (Å²) in [7, 11) is 2.01. The van der Waals surface area contributed by atoms with E-state index in [1.807, 2.05) is 64.2 Å². The lowest BCUT2D eigenvalue weighted by Crippen LogP contribution is -2.29. The fourth-order valence-corrected chi connectivity index (χ4v) is 4.55. The molecule has 0 aliphatic heterocycles. The van der Waals surface area contributed by atoms with Crippen molar-refractivity contribution in [2.24, 2.45) is 0 Å². The van der Waals surface area contributed by atoms with Gasteiger partial charge in [0.15, 0.2) is 0 Å². The summed E-state index contributed by atoms with van der Waals surface area (Å²) in [4.78, 5) is 29.0. The van der Waals surface area contributed by atoms with Crippen molar-refractivity contribution in [2.45, 2.75) is 46.7 Å². The van der Waals surface area contributed by atoms with Gasteiger partial charge in [0.2, 0.25) is 0 Å². The van der Waals surface area contributed by atoms with E-state index in [9.17, 15) is 9.59 Å². The summed E-state index contributed by atoms with van der Waals surface area (Å²) in [5, 5.41) is 3.99. The Morgan fingerprint density at radius 2 is 1.85 bits per heavy atom. The molecule has 2 N–H and O–H groups in total. The minimum absolute atomic E-state index is 0.155. The molecule has 0 saturated heterocycles. The molecule has 4 rings (SSSR count). The van der Waals surface area contributed by atoms with E-state index in [1.165, 1.54) is 0 Å². The second kappa shape index (κ2) is 9.14. The molecule has 0 spiro atoms. The number of fused-ring (bicyclic) bond motifs is 1. The third-order valence-corrected chi connectivity index (χ3v) is 6.09. The Kier molecular flexibility index (Phi) is 6.27. The summed E-state index contributed by atoms with van der Waals surface area (Å²) in [5.74, 6) is -0.168. The summed E-state index contributed by atoms with van der Waals surface area (Å²) < 4.78 is 2.21. The van der Waals surface area contributed by atoms with Crippen molar-refractivity contribution in [1.82, 2.24) is 14.9 Å². The first-order chi connectivity index (χ1) is 15.7. The van der Waals surface area contributed by atoms with Gasteiger partial charge < -0.3 is 14.9 Å². The fourth-order valence-electron chi connectivity index (χ4n) is 4.55. The molecular weight excluding hydrogens is 409 g/mol. The Morgan fingerprint density at radius 1 is 1.12 bits per heavy atom. The molecule has 2 aromatic carbocycles. The van der Waals surface area contributed by atoms with Crippen LogP contribution in [0.3, 0.4) is 0 Å². The lowest BCUT2D eigenvalue weighted by molar-refractivity contribution is 0.0952. The monoisotopic (exact) mass is 439 g/mol. The first kappa shape index (κ1) is 22.7. The van der Waals surface area contributed by atoms with E-state index < -0.39 is 0 Å². The summed E-state index contributed by atoms with van der Waals surface area (Å²) in [6.07, 6.45) is 2.75. The number of amides is 1. The largest absolute Gasteiger partial charge is 0.348 e. The normalized spacial score (nSPS) is 11.3. The number of H-pyrrole nitrogens is 1. The summed E-state index contributed by atoms with van der Waals surface area (Å²) in [6, 6.07) is 16.4. The fraction of sp³-hybridized carbons (Fsp3) is 0.259. The number of hydrogen-bond acceptors (Lipinski definition) is 2. The third-order valence-electron chi connectivity index (χ3n) is 6.09. The van der Waals surface area contributed by atoms with Gasteiger partial charge in [0.05, 0.1) is 0 Å². The van der Waals surface area contributed by atoms with Crippen LogP contribution in [0.2, 0.25) is 0 Å². The van der Waals surface area contributed by atoms with Gasteiger partial charge in [-0.3, -0.25) is 9.59 Å². The summed E-state index contributed by atoms with van der Waals surface area (Å²) in [6.45, 7) is 8.37. The molecule has 0 atom stereocenters. The lowest BCUT2D eigenvalue weighted by Gasteiger charge is -2.14. The molecule has 5 nitrogen and oxygen atoms in total. The van der Waals surface area contributed by atoms with Crippen LogP contribution in [0.25, 0.3) is 10.9 Å². The zero-order chi connectivity index (χ0) is 23.7. The highest BCUT2D eigenvalue weighted by Gasteiger charge is 2.18. The van der Waals surface area contributed by atoms with Crippen molar-refractivity contribution in [1.29, 1.82) is 0 Å². The Morgan fingerprint density at radius 3 is 2.55 bits per heavy atom. The highest BCUT2D eigenvalue weighted by molar-refractivity contribution is 6.34. The van der Waals surface area contributed by atoms with Crippen LogP contribution in [0.5, 0.6) is 0 Å². The van der Waals surface area contributed by atoms with Gasteiger partial charge in [-0.1, -0.05) is 41.9 Å². The van der Waals surface area contributed by atoms with Crippen molar-refractivity contribution >= 4 is 30.1 Å². The number of aromatic amines is 1. The zero-order valence-electron chi connectivity index (χ0n) is 20.0. The molecule has 0 unspecified atom stereocenters. The number of carbonyl (C=O) groups is 1. The first-order valence-electron chi connectivity index (χ1n) is 11.4. The van der Waals surface area contributed by atoms with Crippen molar-refractivity contribution in [3.8, 4) is 0 Å². The Hall–Kier alpha value is -3.54. The number of benzene rings is 2. The molecule has 6 heteroatoms. The predicted octanol–water partition coefficient (Wildman–Crippen LogP) is 3.31. The van der Waals surface area contributed by atoms with Gasteiger partial charge in [0.25, 0.3) is 11.5 Å². The third kappa shape index (κ3) is 4.65. The smallest absolute Gasteiger partial charge is 0.253 e. The number of carbonyl (C=O) groups excluding carboxylic acids is 1. The van der Waals surface area contributed by atoms with Crippen LogP contribution in [-0.2, 0) is 13.0 Å². The average molecular weight is 439 g/mol. The number of aryl methyl sites for hydroxylation is 2. The van der Waals surface area contributed by atoms with Crippen molar-refractivity contribution in [3.05, 3.63) is 98.6 Å². The molecule has 0 saturated carbocycles. The van der Waals surface area contributed by atoms with Crippen LogP contribution in [0, 0.1) is 13.8 Å². The minimum atomic E-state index is -0.168. The molecule has 0 bridgehead atoms. The number of nitrogens with one attached hydrogen (secondary N) is 2. The molecule has 0 radical (unpaired) electrons. The molecule has 1 amide bonds. The van der Waals surface area contributed by atoms with E-state index in [0.717, 1.165) is 38.8 Å². The van der Waals surface area contributed by atoms with E-state index in [1.54, 1.807) is 0 Å². The predicted molar refractivity (Wildman–Crippen MR) is 137 cm³/mol. The van der Waals surface area contributed by atoms with Crippen LogP contribution in [0.4, 0.5) is 0 Å². The number of aromatic nitrogens is 2. The van der Waals surface area contributed by atoms with Gasteiger partial charge >= 0.3 is 0 Å². The van der Waals surface area contributed by atoms with Crippen molar-refractivity contribution in [3.63, 3.8) is 0 Å². The zero-order valence-corrected chi connectivity index (χ0v) is 20.0. The molecule has 2 heterocycles. The highest BCUT2D eigenvalue weighted by Crippen LogP contribution is 2.27. The maximum atomic E-state index is 13.3. The van der Waals surface area contributed by atoms with Gasteiger partial charge in [-0.15, -0.1) is 0 Å². The highest BCUT2D eigenvalue weighted by atomic mass is 16.1. The topological polar surface area (TPSA) is 66.9 Å². The molecule has 33 heavy (non-hydrogen) atoms. The van der Waals surface area contributed by atoms with Crippen LogP contribution < -0.4 is 16.3 Å². The van der Waals surface area contributed by atoms with E-state index in [4.69, 9.17) is 0 Å². The summed E-state index contributed by atoms with van der Waals surface area (Å²) >= 11 is 0. The second-order valence-corrected chi connectivity index (χ2v) is 9.15. The minimum Gasteiger partial charge on any atom is -0.348 e. The second-order valence-electron chi connectivity index (χ2n) is 9.15. The first-order valence-corrected chi connectivity index (χ1v) is 11.4. The average Bonchev–Trinajstić information content (AvgIpc) is 3.09. The summed E-state index contributed by atoms with van der Waals surface area (Å²) in [5.41, 5.74) is 7.12. The van der Waals surface area contributed by atoms with Gasteiger partial charge in [-0.25, -0.2) is 0 Å². The molecule has 0 aliphatic rings. The Labute approximate surface area is 195 Å². The van der Waals surface area contributed by atoms with E-state index in [0.29, 0.717) is 23.6 Å². The van der Waals surface area contributed by atoms with Gasteiger partial charge in [-0.05, 0) is 62.9 Å². The maximum absolute atomic E-state index is 13.3. The van der Waals surface area contributed by atoms with E-state index >= 15 is 0 Å². The van der Waals surface area contributed by atoms with Crippen LogP contribution in [-0.4, -0.2) is 23.3 Å². The van der Waals surface area contributed by atoms with Gasteiger partial charge in [0, 0.05) is 46.5 Å². The Bertz CT molecular complexity index is 1380. The quantitative estimate of drug-likeness (QED) is 0.453. The Balaban J connectivity index is 1.66. The molecule has 2 aromatic heterocycles.